The second kappa shape index (κ2) is 8.89. The fourth-order valence-corrected chi connectivity index (χ4v) is 3.83. The van der Waals surface area contributed by atoms with Gasteiger partial charge in [-0.05, 0) is 37.1 Å². The van der Waals surface area contributed by atoms with Crippen LogP contribution in [-0.2, 0) is 13.2 Å². The van der Waals surface area contributed by atoms with Crippen LogP contribution >= 0.6 is 11.3 Å². The van der Waals surface area contributed by atoms with Crippen LogP contribution in [0.1, 0.15) is 31.5 Å². The molecule has 146 valence electrons. The topological polar surface area (TPSA) is 51.7 Å². The predicted octanol–water partition coefficient (Wildman–Crippen LogP) is 4.62. The summed E-state index contributed by atoms with van der Waals surface area (Å²) in [6.45, 7) is 4.73. The van der Waals surface area contributed by atoms with E-state index in [-0.39, 0.29) is 5.91 Å². The Balaban J connectivity index is 1.69. The molecule has 28 heavy (non-hydrogen) atoms. The van der Waals surface area contributed by atoms with Gasteiger partial charge in [0.25, 0.3) is 5.91 Å². The summed E-state index contributed by atoms with van der Waals surface area (Å²) in [5, 5.41) is 0.899. The highest BCUT2D eigenvalue weighted by Crippen LogP contribution is 2.29. The van der Waals surface area contributed by atoms with Crippen molar-refractivity contribution in [3.63, 3.8) is 0 Å². The van der Waals surface area contributed by atoms with Crippen LogP contribution in [0.4, 0.5) is 0 Å². The highest BCUT2D eigenvalue weighted by atomic mass is 32.1. The van der Waals surface area contributed by atoms with E-state index < -0.39 is 0 Å². The minimum Gasteiger partial charge on any atom is -0.493 e. The van der Waals surface area contributed by atoms with Gasteiger partial charge in [-0.1, -0.05) is 36.4 Å². The Labute approximate surface area is 169 Å². The Morgan fingerprint density at radius 2 is 1.82 bits per heavy atom. The molecule has 0 fully saturated rings. The van der Waals surface area contributed by atoms with Gasteiger partial charge in [0.1, 0.15) is 11.5 Å². The first kappa shape index (κ1) is 19.9. The number of methoxy groups -OCH3 is 1. The first-order chi connectivity index (χ1) is 13.5. The largest absolute Gasteiger partial charge is 0.493 e. The molecule has 0 saturated carbocycles. The molecule has 1 heterocycles. The molecule has 1 aromatic heterocycles. The van der Waals surface area contributed by atoms with Gasteiger partial charge in [-0.2, -0.15) is 0 Å². The van der Waals surface area contributed by atoms with Crippen molar-refractivity contribution in [3.8, 4) is 11.5 Å². The smallest absolute Gasteiger partial charge is 0.265 e. The highest BCUT2D eigenvalue weighted by molar-refractivity contribution is 7.13. The van der Waals surface area contributed by atoms with Crippen molar-refractivity contribution in [1.29, 1.82) is 0 Å². The number of carbonyl (C=O) groups is 1. The van der Waals surface area contributed by atoms with Gasteiger partial charge in [0.2, 0.25) is 0 Å². The zero-order chi connectivity index (χ0) is 20.1. The van der Waals surface area contributed by atoms with Gasteiger partial charge in [-0.15, -0.1) is 11.3 Å². The summed E-state index contributed by atoms with van der Waals surface area (Å²) in [6.07, 6.45) is 0. The third-order valence-electron chi connectivity index (χ3n) is 4.33. The van der Waals surface area contributed by atoms with Crippen LogP contribution in [0.25, 0.3) is 0 Å². The van der Waals surface area contributed by atoms with E-state index in [1.807, 2.05) is 62.4 Å². The molecule has 0 aliphatic heterocycles. The summed E-state index contributed by atoms with van der Waals surface area (Å²) in [6, 6.07) is 15.7. The third-order valence-corrected chi connectivity index (χ3v) is 5.39. The van der Waals surface area contributed by atoms with E-state index in [0.29, 0.717) is 29.5 Å². The third kappa shape index (κ3) is 4.70. The molecule has 0 N–H and O–H groups in total. The van der Waals surface area contributed by atoms with E-state index >= 15 is 0 Å². The fraction of sp³-hybridized carbons (Fsp3) is 0.273. The van der Waals surface area contributed by atoms with Crippen LogP contribution < -0.4 is 9.47 Å². The second-order valence-corrected chi connectivity index (χ2v) is 7.77. The summed E-state index contributed by atoms with van der Waals surface area (Å²) in [5.74, 6) is 1.31. The number of ether oxygens (including phenoxy) is 2. The first-order valence-corrected chi connectivity index (χ1v) is 9.82. The zero-order valence-electron chi connectivity index (χ0n) is 16.6. The average molecular weight is 397 g/mol. The van der Waals surface area contributed by atoms with Crippen LogP contribution in [0.3, 0.4) is 0 Å². The lowest BCUT2D eigenvalue weighted by Crippen LogP contribution is -2.26. The Bertz CT molecular complexity index is 954. The molecule has 3 rings (SSSR count). The maximum atomic E-state index is 12.7. The lowest BCUT2D eigenvalue weighted by Gasteiger charge is -2.18. The number of amides is 1. The average Bonchev–Trinajstić information content (AvgIpc) is 3.04. The molecule has 2 aromatic carbocycles. The molecule has 0 saturated heterocycles. The Morgan fingerprint density at radius 1 is 1.07 bits per heavy atom. The van der Waals surface area contributed by atoms with E-state index in [2.05, 4.69) is 4.98 Å². The van der Waals surface area contributed by atoms with Crippen LogP contribution in [0.2, 0.25) is 0 Å². The van der Waals surface area contributed by atoms with Crippen molar-refractivity contribution in [1.82, 2.24) is 9.88 Å². The van der Waals surface area contributed by atoms with Gasteiger partial charge in [-0.25, -0.2) is 4.98 Å². The highest BCUT2D eigenvalue weighted by Gasteiger charge is 2.18. The summed E-state index contributed by atoms with van der Waals surface area (Å²) < 4.78 is 11.4. The first-order valence-electron chi connectivity index (χ1n) is 9.01. The number of nitrogens with zero attached hydrogens (tertiary/aromatic N) is 2. The van der Waals surface area contributed by atoms with Crippen molar-refractivity contribution in [2.45, 2.75) is 27.0 Å². The molecule has 0 spiro atoms. The monoisotopic (exact) mass is 396 g/mol. The minimum atomic E-state index is -0.0218. The van der Waals surface area contributed by atoms with Gasteiger partial charge in [0.15, 0.2) is 11.5 Å². The number of aromatic nitrogens is 1. The van der Waals surface area contributed by atoms with E-state index in [1.165, 1.54) is 11.3 Å². The number of hydrogen-bond donors (Lipinski definition) is 0. The maximum Gasteiger partial charge on any atom is 0.265 e. The molecule has 0 bridgehead atoms. The number of carbonyl (C=O) groups excluding carboxylic acids is 1. The van der Waals surface area contributed by atoms with Gasteiger partial charge in [0, 0.05) is 13.6 Å². The molecule has 5 nitrogen and oxygen atoms in total. The number of aryl methyl sites for hydroxylation is 2. The van der Waals surface area contributed by atoms with Crippen molar-refractivity contribution < 1.29 is 14.3 Å². The number of benzene rings is 2. The summed E-state index contributed by atoms with van der Waals surface area (Å²) in [5.41, 5.74) is 2.84. The summed E-state index contributed by atoms with van der Waals surface area (Å²) in [4.78, 5) is 19.4. The van der Waals surface area contributed by atoms with Crippen molar-refractivity contribution in [2.75, 3.05) is 14.2 Å². The normalized spacial score (nSPS) is 10.6. The van der Waals surface area contributed by atoms with Gasteiger partial charge < -0.3 is 14.4 Å². The number of thiazole rings is 1. The standard InChI is InChI=1S/C22H24N2O3S/c1-15-21(28-16(2)23-15)22(25)24(3)13-18-10-11-19(20(12-18)26-4)27-14-17-8-6-5-7-9-17/h5-12H,13-14H2,1-4H3. The predicted molar refractivity (Wildman–Crippen MR) is 111 cm³/mol. The molecule has 0 aliphatic carbocycles. The second-order valence-electron chi connectivity index (χ2n) is 6.57. The lowest BCUT2D eigenvalue weighted by molar-refractivity contribution is 0.0789. The van der Waals surface area contributed by atoms with Crippen LogP contribution in [0.15, 0.2) is 48.5 Å². The van der Waals surface area contributed by atoms with Crippen molar-refractivity contribution in [3.05, 3.63) is 75.2 Å². The maximum absolute atomic E-state index is 12.7. The van der Waals surface area contributed by atoms with Crippen molar-refractivity contribution >= 4 is 17.2 Å². The van der Waals surface area contributed by atoms with E-state index in [9.17, 15) is 4.79 Å². The van der Waals surface area contributed by atoms with Gasteiger partial charge >= 0.3 is 0 Å². The number of hydrogen-bond acceptors (Lipinski definition) is 5. The molecule has 0 aliphatic rings. The minimum absolute atomic E-state index is 0.0218. The fourth-order valence-electron chi connectivity index (χ4n) is 2.91. The Hall–Kier alpha value is -2.86. The van der Waals surface area contributed by atoms with Crippen LogP contribution in [0, 0.1) is 13.8 Å². The van der Waals surface area contributed by atoms with E-state index in [4.69, 9.17) is 9.47 Å². The molecule has 0 unspecified atom stereocenters. The summed E-state index contributed by atoms with van der Waals surface area (Å²) in [7, 11) is 3.41. The van der Waals surface area contributed by atoms with Crippen LogP contribution in [-0.4, -0.2) is 29.9 Å². The van der Waals surface area contributed by atoms with E-state index in [1.54, 1.807) is 19.1 Å². The molecule has 1 amide bonds. The SMILES string of the molecule is COc1cc(CN(C)C(=O)c2sc(C)nc2C)ccc1OCc1ccccc1. The molecule has 0 radical (unpaired) electrons. The van der Waals surface area contributed by atoms with Crippen molar-refractivity contribution in [2.24, 2.45) is 0 Å². The lowest BCUT2D eigenvalue weighted by atomic mass is 10.2. The van der Waals surface area contributed by atoms with Gasteiger partial charge in [0.05, 0.1) is 17.8 Å². The van der Waals surface area contributed by atoms with E-state index in [0.717, 1.165) is 21.8 Å². The molecular formula is C22H24N2O3S. The zero-order valence-corrected chi connectivity index (χ0v) is 17.4. The molecular weight excluding hydrogens is 372 g/mol. The quantitative estimate of drug-likeness (QED) is 0.585. The molecule has 6 heteroatoms. The Morgan fingerprint density at radius 3 is 2.46 bits per heavy atom. The van der Waals surface area contributed by atoms with Gasteiger partial charge in [-0.3, -0.25) is 4.79 Å². The Kier molecular flexibility index (Phi) is 6.31. The molecule has 3 aromatic rings. The summed E-state index contributed by atoms with van der Waals surface area (Å²) >= 11 is 1.43. The molecule has 0 atom stereocenters. The van der Waals surface area contributed by atoms with Crippen LogP contribution in [0.5, 0.6) is 11.5 Å². The number of rotatable bonds is 7.